The molecule has 1 amide bonds. The lowest BCUT2D eigenvalue weighted by Crippen LogP contribution is -2.48. The molecule has 0 radical (unpaired) electrons. The summed E-state index contributed by atoms with van der Waals surface area (Å²) in [6, 6.07) is 13.8. The van der Waals surface area contributed by atoms with Crippen LogP contribution in [-0.4, -0.2) is 40.3 Å². The van der Waals surface area contributed by atoms with Gasteiger partial charge in [0.2, 0.25) is 15.9 Å². The van der Waals surface area contributed by atoms with E-state index in [0.717, 1.165) is 27.4 Å². The van der Waals surface area contributed by atoms with E-state index in [0.29, 0.717) is 18.7 Å². The van der Waals surface area contributed by atoms with Gasteiger partial charge in [-0.15, -0.1) is 0 Å². The van der Waals surface area contributed by atoms with E-state index in [2.05, 4.69) is 5.32 Å². The fourth-order valence-corrected chi connectivity index (χ4v) is 3.95. The number of aryl methyl sites for hydroxylation is 1. The highest BCUT2D eigenvalue weighted by atomic mass is 32.2. The summed E-state index contributed by atoms with van der Waals surface area (Å²) in [7, 11) is -1.99. The summed E-state index contributed by atoms with van der Waals surface area (Å²) in [6.07, 6.45) is 1.75. The van der Waals surface area contributed by atoms with Crippen molar-refractivity contribution in [2.24, 2.45) is 0 Å². The van der Waals surface area contributed by atoms with E-state index >= 15 is 0 Å². The van der Waals surface area contributed by atoms with Crippen molar-refractivity contribution in [2.45, 2.75) is 26.3 Å². The number of methoxy groups -OCH3 is 1. The number of nitrogens with one attached hydrogen (secondary N) is 1. The molecule has 2 rings (SSSR count). The molecule has 0 bridgehead atoms. The number of carbonyl (C=O) groups excluding carboxylic acids is 1. The third kappa shape index (κ3) is 5.72. The maximum Gasteiger partial charge on any atom is 0.243 e. The number of ether oxygens (including phenoxy) is 1. The maximum atomic E-state index is 12.5. The Morgan fingerprint density at radius 1 is 1.11 bits per heavy atom. The summed E-state index contributed by atoms with van der Waals surface area (Å²) in [5, 5.41) is 2.82. The molecule has 6 nitrogen and oxygen atoms in total. The molecule has 0 aliphatic heterocycles. The van der Waals surface area contributed by atoms with Crippen molar-refractivity contribution in [3.05, 3.63) is 59.7 Å². The lowest BCUT2D eigenvalue weighted by molar-refractivity contribution is -0.121. The zero-order valence-electron chi connectivity index (χ0n) is 16.1. The van der Waals surface area contributed by atoms with Gasteiger partial charge in [-0.2, -0.15) is 0 Å². The van der Waals surface area contributed by atoms with Gasteiger partial charge in [-0.1, -0.05) is 29.8 Å². The largest absolute Gasteiger partial charge is 0.497 e. The third-order valence-electron chi connectivity index (χ3n) is 4.25. The Kier molecular flexibility index (Phi) is 6.85. The Morgan fingerprint density at radius 2 is 1.70 bits per heavy atom. The first kappa shape index (κ1) is 20.8. The molecule has 0 saturated carbocycles. The number of rotatable bonds is 8. The highest BCUT2D eigenvalue weighted by Crippen LogP contribution is 2.21. The van der Waals surface area contributed by atoms with Gasteiger partial charge in [0.25, 0.3) is 0 Å². The molecule has 0 aliphatic rings. The molecule has 146 valence electrons. The molecule has 0 spiro atoms. The second kappa shape index (κ2) is 8.90. The lowest BCUT2D eigenvalue weighted by atomic mass is 10.1. The van der Waals surface area contributed by atoms with Crippen molar-refractivity contribution >= 4 is 21.6 Å². The van der Waals surface area contributed by atoms with Crippen LogP contribution in [0.5, 0.6) is 5.75 Å². The van der Waals surface area contributed by atoms with E-state index in [1.54, 1.807) is 26.2 Å². The van der Waals surface area contributed by atoms with Gasteiger partial charge in [-0.25, -0.2) is 8.42 Å². The molecule has 27 heavy (non-hydrogen) atoms. The quantitative estimate of drug-likeness (QED) is 0.751. The number of hydrogen-bond donors (Lipinski definition) is 1. The molecule has 2 aromatic carbocycles. The normalized spacial score (nSPS) is 12.3. The van der Waals surface area contributed by atoms with Crippen LogP contribution in [0.15, 0.2) is 48.5 Å². The van der Waals surface area contributed by atoms with Crippen molar-refractivity contribution in [2.75, 3.05) is 24.2 Å². The second-order valence-corrected chi connectivity index (χ2v) is 8.32. The number of benzene rings is 2. The van der Waals surface area contributed by atoms with Gasteiger partial charge in [0.15, 0.2) is 0 Å². The molecular formula is C20H26N2O4S. The van der Waals surface area contributed by atoms with E-state index < -0.39 is 16.1 Å². The van der Waals surface area contributed by atoms with Crippen LogP contribution < -0.4 is 14.4 Å². The highest BCUT2D eigenvalue weighted by molar-refractivity contribution is 7.92. The highest BCUT2D eigenvalue weighted by Gasteiger charge is 2.28. The molecular weight excluding hydrogens is 364 g/mol. The molecule has 1 N–H and O–H groups in total. The van der Waals surface area contributed by atoms with Crippen LogP contribution in [0.4, 0.5) is 5.69 Å². The number of carbonyl (C=O) groups is 1. The topological polar surface area (TPSA) is 75.7 Å². The van der Waals surface area contributed by atoms with Gasteiger partial charge in [0.1, 0.15) is 11.8 Å². The Balaban J connectivity index is 2.02. The Hall–Kier alpha value is -2.54. The van der Waals surface area contributed by atoms with Gasteiger partial charge in [-0.05, 0) is 50.1 Å². The first-order chi connectivity index (χ1) is 12.7. The molecule has 7 heteroatoms. The van der Waals surface area contributed by atoms with Gasteiger partial charge >= 0.3 is 0 Å². The summed E-state index contributed by atoms with van der Waals surface area (Å²) in [5.74, 6) is 0.438. The van der Waals surface area contributed by atoms with Crippen LogP contribution >= 0.6 is 0 Å². The summed E-state index contributed by atoms with van der Waals surface area (Å²) < 4.78 is 30.8. The zero-order valence-corrected chi connectivity index (χ0v) is 16.9. The Bertz CT molecular complexity index is 862. The third-order valence-corrected chi connectivity index (χ3v) is 5.49. The van der Waals surface area contributed by atoms with Crippen molar-refractivity contribution in [1.82, 2.24) is 5.32 Å². The first-order valence-corrected chi connectivity index (χ1v) is 10.5. The smallest absolute Gasteiger partial charge is 0.243 e. The number of anilines is 1. The van der Waals surface area contributed by atoms with Gasteiger partial charge < -0.3 is 10.1 Å². The molecule has 0 saturated heterocycles. The number of nitrogens with zero attached hydrogens (tertiary/aromatic N) is 1. The van der Waals surface area contributed by atoms with E-state index in [4.69, 9.17) is 4.74 Å². The van der Waals surface area contributed by atoms with Gasteiger partial charge in [0.05, 0.1) is 19.1 Å². The molecule has 1 atom stereocenters. The van der Waals surface area contributed by atoms with Gasteiger partial charge in [-0.3, -0.25) is 9.10 Å². The van der Waals surface area contributed by atoms with E-state index in [-0.39, 0.29) is 5.91 Å². The van der Waals surface area contributed by atoms with E-state index in [1.807, 2.05) is 43.3 Å². The maximum absolute atomic E-state index is 12.5. The standard InChI is InChI=1S/C20H26N2O4S/c1-15-5-9-18(10-6-15)22(27(4,24)25)16(2)20(23)21-14-13-17-7-11-19(26-3)12-8-17/h5-12,16H,13-14H2,1-4H3,(H,21,23)/t16-/m0/s1. The average molecular weight is 391 g/mol. The number of hydrogen-bond acceptors (Lipinski definition) is 4. The number of sulfonamides is 1. The van der Waals surface area contributed by atoms with Crippen LogP contribution in [0.2, 0.25) is 0 Å². The van der Waals surface area contributed by atoms with Gasteiger partial charge in [0, 0.05) is 6.54 Å². The minimum Gasteiger partial charge on any atom is -0.497 e. The molecule has 2 aromatic rings. The van der Waals surface area contributed by atoms with Crippen LogP contribution in [0.3, 0.4) is 0 Å². The van der Waals surface area contributed by atoms with Crippen molar-refractivity contribution in [3.8, 4) is 5.75 Å². The fourth-order valence-electron chi connectivity index (χ4n) is 2.77. The second-order valence-electron chi connectivity index (χ2n) is 6.46. The van der Waals surface area contributed by atoms with Crippen LogP contribution in [0.1, 0.15) is 18.1 Å². The fraction of sp³-hybridized carbons (Fsp3) is 0.350. The molecule has 0 heterocycles. The van der Waals surface area contributed by atoms with Crippen molar-refractivity contribution in [3.63, 3.8) is 0 Å². The monoisotopic (exact) mass is 390 g/mol. The molecule has 0 aliphatic carbocycles. The minimum atomic E-state index is -3.60. The van der Waals surface area contributed by atoms with Crippen LogP contribution in [0, 0.1) is 6.92 Å². The van der Waals surface area contributed by atoms with Crippen LogP contribution in [-0.2, 0) is 21.2 Å². The summed E-state index contributed by atoms with van der Waals surface area (Å²) in [4.78, 5) is 12.5. The predicted molar refractivity (Wildman–Crippen MR) is 108 cm³/mol. The zero-order chi connectivity index (χ0) is 20.0. The van der Waals surface area contributed by atoms with Crippen LogP contribution in [0.25, 0.3) is 0 Å². The minimum absolute atomic E-state index is 0.338. The molecule has 0 aromatic heterocycles. The predicted octanol–water partition coefficient (Wildman–Crippen LogP) is 2.52. The lowest BCUT2D eigenvalue weighted by Gasteiger charge is -2.28. The van der Waals surface area contributed by atoms with Crippen molar-refractivity contribution in [1.29, 1.82) is 0 Å². The Morgan fingerprint density at radius 3 is 2.22 bits per heavy atom. The first-order valence-electron chi connectivity index (χ1n) is 8.69. The summed E-state index contributed by atoms with van der Waals surface area (Å²) in [6.45, 7) is 3.93. The summed E-state index contributed by atoms with van der Waals surface area (Å²) in [5.41, 5.74) is 2.55. The molecule has 0 fully saturated rings. The molecule has 0 unspecified atom stereocenters. The van der Waals surface area contributed by atoms with E-state index in [1.165, 1.54) is 0 Å². The Labute approximate surface area is 161 Å². The van der Waals surface area contributed by atoms with E-state index in [9.17, 15) is 13.2 Å². The number of amides is 1. The average Bonchev–Trinajstić information content (AvgIpc) is 2.63. The SMILES string of the molecule is COc1ccc(CCNC(=O)[C@H](C)N(c2ccc(C)cc2)S(C)(=O)=O)cc1. The summed E-state index contributed by atoms with van der Waals surface area (Å²) >= 11 is 0. The van der Waals surface area contributed by atoms with Crippen molar-refractivity contribution < 1.29 is 17.9 Å².